The van der Waals surface area contributed by atoms with E-state index in [2.05, 4.69) is 20.9 Å². The molecule has 4 nitrogen and oxygen atoms in total. The predicted octanol–water partition coefficient (Wildman–Crippen LogP) is 2.94. The van der Waals surface area contributed by atoms with Crippen LogP contribution in [0.3, 0.4) is 0 Å². The first-order valence-corrected chi connectivity index (χ1v) is 6.46. The van der Waals surface area contributed by atoms with Gasteiger partial charge in [0.25, 0.3) is 0 Å². The highest BCUT2D eigenvalue weighted by Crippen LogP contribution is 2.37. The SMILES string of the molecule is COc1cc(Br)c(C(O)c2cccnc2)cc1OC. The van der Waals surface area contributed by atoms with E-state index in [-0.39, 0.29) is 0 Å². The molecular weight excluding hydrogens is 310 g/mol. The number of methoxy groups -OCH3 is 2. The highest BCUT2D eigenvalue weighted by Gasteiger charge is 2.17. The topological polar surface area (TPSA) is 51.6 Å². The third-order valence-corrected chi connectivity index (χ3v) is 3.48. The molecule has 0 radical (unpaired) electrons. The zero-order valence-corrected chi connectivity index (χ0v) is 12.2. The van der Waals surface area contributed by atoms with Crippen LogP contribution in [0.25, 0.3) is 0 Å². The van der Waals surface area contributed by atoms with E-state index in [1.54, 1.807) is 44.8 Å². The Bertz CT molecular complexity index is 560. The summed E-state index contributed by atoms with van der Waals surface area (Å²) in [7, 11) is 3.13. The minimum Gasteiger partial charge on any atom is -0.493 e. The van der Waals surface area contributed by atoms with Crippen LogP contribution in [-0.2, 0) is 0 Å². The van der Waals surface area contributed by atoms with E-state index in [1.165, 1.54) is 0 Å². The Morgan fingerprint density at radius 2 is 1.89 bits per heavy atom. The lowest BCUT2D eigenvalue weighted by molar-refractivity contribution is 0.218. The summed E-state index contributed by atoms with van der Waals surface area (Å²) in [4.78, 5) is 4.01. The fourth-order valence-corrected chi connectivity index (χ4v) is 2.34. The van der Waals surface area contributed by atoms with Crippen molar-refractivity contribution in [1.82, 2.24) is 4.98 Å². The molecule has 0 saturated heterocycles. The van der Waals surface area contributed by atoms with Crippen LogP contribution in [0.4, 0.5) is 0 Å². The fraction of sp³-hybridized carbons (Fsp3) is 0.214. The molecule has 1 heterocycles. The van der Waals surface area contributed by atoms with Crippen molar-refractivity contribution in [3.05, 3.63) is 52.3 Å². The van der Waals surface area contributed by atoms with Gasteiger partial charge in [-0.05, 0) is 18.2 Å². The second-order valence-electron chi connectivity index (χ2n) is 3.92. The third-order valence-electron chi connectivity index (χ3n) is 2.80. The summed E-state index contributed by atoms with van der Waals surface area (Å²) in [6.45, 7) is 0. The largest absolute Gasteiger partial charge is 0.493 e. The Kier molecular flexibility index (Phi) is 4.39. The molecule has 1 N–H and O–H groups in total. The maximum Gasteiger partial charge on any atom is 0.161 e. The summed E-state index contributed by atoms with van der Waals surface area (Å²) in [6, 6.07) is 7.13. The van der Waals surface area contributed by atoms with Gasteiger partial charge in [0.1, 0.15) is 6.10 Å². The fourth-order valence-electron chi connectivity index (χ4n) is 1.80. The molecule has 0 fully saturated rings. The summed E-state index contributed by atoms with van der Waals surface area (Å²) in [6.07, 6.45) is 2.52. The van der Waals surface area contributed by atoms with E-state index in [1.807, 2.05) is 6.07 Å². The molecule has 0 aliphatic carbocycles. The predicted molar refractivity (Wildman–Crippen MR) is 75.5 cm³/mol. The van der Waals surface area contributed by atoms with Crippen molar-refractivity contribution in [1.29, 1.82) is 0 Å². The maximum atomic E-state index is 10.4. The Hall–Kier alpha value is -1.59. The summed E-state index contributed by atoms with van der Waals surface area (Å²) < 4.78 is 11.2. The molecule has 1 unspecified atom stereocenters. The summed E-state index contributed by atoms with van der Waals surface area (Å²) in [5.41, 5.74) is 1.42. The minimum absolute atomic E-state index is 0.573. The van der Waals surface area contributed by atoms with Crippen LogP contribution in [0.1, 0.15) is 17.2 Å². The van der Waals surface area contributed by atoms with E-state index < -0.39 is 6.10 Å². The van der Waals surface area contributed by atoms with Crippen molar-refractivity contribution in [2.45, 2.75) is 6.10 Å². The average Bonchev–Trinajstić information content (AvgIpc) is 2.47. The van der Waals surface area contributed by atoms with Crippen LogP contribution < -0.4 is 9.47 Å². The zero-order chi connectivity index (χ0) is 13.8. The number of rotatable bonds is 4. The van der Waals surface area contributed by atoms with E-state index >= 15 is 0 Å². The summed E-state index contributed by atoms with van der Waals surface area (Å²) in [5.74, 6) is 1.18. The van der Waals surface area contributed by atoms with Crippen LogP contribution in [0, 0.1) is 0 Å². The van der Waals surface area contributed by atoms with Gasteiger partial charge >= 0.3 is 0 Å². The lowest BCUT2D eigenvalue weighted by Gasteiger charge is -2.16. The quantitative estimate of drug-likeness (QED) is 0.939. The van der Waals surface area contributed by atoms with Gasteiger partial charge in [-0.3, -0.25) is 4.98 Å². The first-order chi connectivity index (χ1) is 9.17. The van der Waals surface area contributed by atoms with Crippen LogP contribution in [0.2, 0.25) is 0 Å². The van der Waals surface area contributed by atoms with Gasteiger partial charge in [0.05, 0.1) is 14.2 Å². The first kappa shape index (κ1) is 13.8. The number of aliphatic hydroxyl groups is 1. The van der Waals surface area contributed by atoms with Crippen molar-refractivity contribution in [2.24, 2.45) is 0 Å². The summed E-state index contributed by atoms with van der Waals surface area (Å²) >= 11 is 3.43. The molecule has 0 spiro atoms. The molecule has 1 aromatic carbocycles. The second-order valence-corrected chi connectivity index (χ2v) is 4.77. The molecule has 100 valence electrons. The Balaban J connectivity index is 2.45. The molecule has 2 rings (SSSR count). The van der Waals surface area contributed by atoms with Crippen molar-refractivity contribution < 1.29 is 14.6 Å². The minimum atomic E-state index is -0.775. The van der Waals surface area contributed by atoms with E-state index in [0.717, 1.165) is 10.0 Å². The number of nitrogens with zero attached hydrogens (tertiary/aromatic N) is 1. The van der Waals surface area contributed by atoms with Gasteiger partial charge in [0, 0.05) is 28.0 Å². The van der Waals surface area contributed by atoms with Crippen LogP contribution >= 0.6 is 15.9 Å². The average molecular weight is 324 g/mol. The van der Waals surface area contributed by atoms with E-state index in [9.17, 15) is 5.11 Å². The normalized spacial score (nSPS) is 12.0. The maximum absolute atomic E-state index is 10.4. The van der Waals surface area contributed by atoms with Gasteiger partial charge in [-0.1, -0.05) is 22.0 Å². The van der Waals surface area contributed by atoms with Crippen molar-refractivity contribution in [3.63, 3.8) is 0 Å². The van der Waals surface area contributed by atoms with Crippen molar-refractivity contribution in [3.8, 4) is 11.5 Å². The lowest BCUT2D eigenvalue weighted by Crippen LogP contribution is -2.02. The molecule has 0 aliphatic rings. The van der Waals surface area contributed by atoms with Gasteiger partial charge < -0.3 is 14.6 Å². The smallest absolute Gasteiger partial charge is 0.161 e. The number of halogens is 1. The van der Waals surface area contributed by atoms with Gasteiger partial charge in [-0.2, -0.15) is 0 Å². The van der Waals surface area contributed by atoms with Gasteiger partial charge in [0.15, 0.2) is 11.5 Å². The molecule has 0 aliphatic heterocycles. The number of benzene rings is 1. The number of hydrogen-bond donors (Lipinski definition) is 1. The Labute approximate surface area is 120 Å². The van der Waals surface area contributed by atoms with Crippen LogP contribution in [0.15, 0.2) is 41.1 Å². The summed E-state index contributed by atoms with van der Waals surface area (Å²) in [5, 5.41) is 10.4. The molecule has 19 heavy (non-hydrogen) atoms. The highest BCUT2D eigenvalue weighted by atomic mass is 79.9. The zero-order valence-electron chi connectivity index (χ0n) is 10.6. The number of hydrogen-bond acceptors (Lipinski definition) is 4. The molecule has 0 saturated carbocycles. The van der Waals surface area contributed by atoms with Gasteiger partial charge in [-0.25, -0.2) is 0 Å². The standard InChI is InChI=1S/C14H14BrNO3/c1-18-12-6-10(11(15)7-13(12)19-2)14(17)9-4-3-5-16-8-9/h3-8,14,17H,1-2H3. The van der Waals surface area contributed by atoms with E-state index in [0.29, 0.717) is 17.1 Å². The lowest BCUT2D eigenvalue weighted by atomic mass is 10.0. The van der Waals surface area contributed by atoms with Crippen molar-refractivity contribution in [2.75, 3.05) is 14.2 Å². The number of aliphatic hydroxyl groups excluding tert-OH is 1. The number of ether oxygens (including phenoxy) is 2. The first-order valence-electron chi connectivity index (χ1n) is 5.66. The molecule has 5 heteroatoms. The second kappa shape index (κ2) is 6.04. The molecule has 1 atom stereocenters. The Morgan fingerprint density at radius 3 is 2.47 bits per heavy atom. The third kappa shape index (κ3) is 2.88. The monoisotopic (exact) mass is 323 g/mol. The van der Waals surface area contributed by atoms with Gasteiger partial charge in [0.2, 0.25) is 0 Å². The molecule has 0 bridgehead atoms. The van der Waals surface area contributed by atoms with Crippen molar-refractivity contribution >= 4 is 15.9 Å². The van der Waals surface area contributed by atoms with Crippen LogP contribution in [-0.4, -0.2) is 24.3 Å². The highest BCUT2D eigenvalue weighted by molar-refractivity contribution is 9.10. The number of pyridine rings is 1. The molecule has 1 aromatic heterocycles. The molecule has 0 amide bonds. The number of aromatic nitrogens is 1. The Morgan fingerprint density at radius 1 is 1.21 bits per heavy atom. The molecule has 2 aromatic rings. The van der Waals surface area contributed by atoms with Gasteiger partial charge in [-0.15, -0.1) is 0 Å². The molecular formula is C14H14BrNO3. The van der Waals surface area contributed by atoms with E-state index in [4.69, 9.17) is 9.47 Å². The van der Waals surface area contributed by atoms with Crippen LogP contribution in [0.5, 0.6) is 11.5 Å².